The molecule has 0 saturated heterocycles. The number of hydrogen-bond acceptors (Lipinski definition) is 5. The van der Waals surface area contributed by atoms with Crippen LogP contribution in [0.4, 0.5) is 5.69 Å². The van der Waals surface area contributed by atoms with Gasteiger partial charge in [-0.2, -0.15) is 8.42 Å². The van der Waals surface area contributed by atoms with Gasteiger partial charge in [0.2, 0.25) is 0 Å². The van der Waals surface area contributed by atoms with Gasteiger partial charge in [-0.05, 0) is 30.0 Å². The second-order valence-corrected chi connectivity index (χ2v) is 5.94. The van der Waals surface area contributed by atoms with E-state index in [0.717, 1.165) is 5.69 Å². The lowest BCUT2D eigenvalue weighted by Gasteiger charge is -2.17. The molecule has 18 heavy (non-hydrogen) atoms. The largest absolute Gasteiger partial charge is 0.377 e. The summed E-state index contributed by atoms with van der Waals surface area (Å²) in [6.07, 6.45) is 0.432. The first-order valence-electron chi connectivity index (χ1n) is 5.50. The van der Waals surface area contributed by atoms with Crippen LogP contribution < -0.4 is 4.90 Å². The summed E-state index contributed by atoms with van der Waals surface area (Å²) in [4.78, 5) is 2.07. The lowest BCUT2D eigenvalue weighted by atomic mass is 10.2. The Balaban J connectivity index is 3.09. The molecule has 6 heteroatoms. The number of nitrogens with zero attached hydrogens (tertiary/aromatic N) is 1. The van der Waals surface area contributed by atoms with Gasteiger partial charge >= 0.3 is 0 Å². The van der Waals surface area contributed by atoms with Gasteiger partial charge in [0.25, 0.3) is 10.1 Å². The summed E-state index contributed by atoms with van der Waals surface area (Å²) in [5.41, 5.74) is 1.54. The standard InChI is InChI=1S/C12H17NO3S2/c1-10-11(13(2)3)6-4-7-12(10)18(14,15)16-8-5-9-17/h4,6-7,9H,5,8H2,1-3H3. The predicted octanol–water partition coefficient (Wildman–Crippen LogP) is 2.16. The minimum absolute atomic E-state index is 0.0808. The maximum Gasteiger partial charge on any atom is 0.297 e. The molecule has 0 saturated carbocycles. The fourth-order valence-electron chi connectivity index (χ4n) is 1.63. The Kier molecular flexibility index (Phi) is 5.25. The highest BCUT2D eigenvalue weighted by molar-refractivity contribution is 7.86. The maximum atomic E-state index is 12.0. The Labute approximate surface area is 114 Å². The molecule has 0 radical (unpaired) electrons. The van der Waals surface area contributed by atoms with E-state index in [2.05, 4.69) is 12.2 Å². The molecule has 1 aromatic carbocycles. The number of rotatable bonds is 6. The first-order valence-corrected chi connectivity index (χ1v) is 7.38. The molecule has 0 aliphatic carbocycles. The SMILES string of the molecule is Cc1c(N(C)C)cccc1S(=O)(=O)OCCC=S. The molecular formula is C12H17NO3S2. The fourth-order valence-corrected chi connectivity index (χ4v) is 2.89. The molecule has 1 aromatic rings. The van der Waals surface area contributed by atoms with E-state index >= 15 is 0 Å². The summed E-state index contributed by atoms with van der Waals surface area (Å²) >= 11 is 4.63. The van der Waals surface area contributed by atoms with Crippen LogP contribution in [0.25, 0.3) is 0 Å². The molecule has 0 heterocycles. The van der Waals surface area contributed by atoms with E-state index in [4.69, 9.17) is 4.18 Å². The van der Waals surface area contributed by atoms with Gasteiger partial charge in [0.05, 0.1) is 11.5 Å². The lowest BCUT2D eigenvalue weighted by Crippen LogP contribution is -2.14. The molecule has 0 bridgehead atoms. The van der Waals surface area contributed by atoms with E-state index < -0.39 is 10.1 Å². The van der Waals surface area contributed by atoms with E-state index in [1.165, 1.54) is 5.37 Å². The first-order chi connectivity index (χ1) is 8.40. The Hall–Kier alpha value is -0.980. The minimum atomic E-state index is -3.71. The summed E-state index contributed by atoms with van der Waals surface area (Å²) in [5, 5.41) is 1.46. The van der Waals surface area contributed by atoms with Crippen molar-refractivity contribution in [2.24, 2.45) is 0 Å². The molecule has 0 N–H and O–H groups in total. The number of thiocarbonyl (C=S) groups is 1. The van der Waals surface area contributed by atoms with Crippen molar-refractivity contribution >= 4 is 33.4 Å². The van der Waals surface area contributed by atoms with Gasteiger partial charge in [0.15, 0.2) is 0 Å². The zero-order valence-electron chi connectivity index (χ0n) is 10.7. The summed E-state index contributed by atoms with van der Waals surface area (Å²) in [7, 11) is 0.0215. The van der Waals surface area contributed by atoms with Crippen LogP contribution in [0.1, 0.15) is 12.0 Å². The van der Waals surface area contributed by atoms with Crippen molar-refractivity contribution in [1.29, 1.82) is 0 Å². The number of anilines is 1. The van der Waals surface area contributed by atoms with Gasteiger partial charge in [-0.3, -0.25) is 4.18 Å². The van der Waals surface area contributed by atoms with E-state index in [0.29, 0.717) is 12.0 Å². The molecule has 0 amide bonds. The van der Waals surface area contributed by atoms with Crippen LogP contribution >= 0.6 is 12.2 Å². The van der Waals surface area contributed by atoms with E-state index in [1.807, 2.05) is 25.1 Å². The van der Waals surface area contributed by atoms with Gasteiger partial charge in [0, 0.05) is 26.2 Å². The van der Waals surface area contributed by atoms with Crippen molar-refractivity contribution in [2.75, 3.05) is 25.6 Å². The Morgan fingerprint density at radius 3 is 2.61 bits per heavy atom. The van der Waals surface area contributed by atoms with Crippen molar-refractivity contribution in [3.8, 4) is 0 Å². The Morgan fingerprint density at radius 1 is 1.39 bits per heavy atom. The van der Waals surface area contributed by atoms with E-state index in [-0.39, 0.29) is 11.5 Å². The van der Waals surface area contributed by atoms with E-state index in [1.54, 1.807) is 19.1 Å². The van der Waals surface area contributed by atoms with Crippen molar-refractivity contribution < 1.29 is 12.6 Å². The third kappa shape index (κ3) is 3.51. The van der Waals surface area contributed by atoms with Crippen LogP contribution in [0.15, 0.2) is 23.1 Å². The smallest absolute Gasteiger partial charge is 0.297 e. The van der Waals surface area contributed by atoms with Gasteiger partial charge < -0.3 is 4.90 Å². The van der Waals surface area contributed by atoms with Crippen molar-refractivity contribution in [1.82, 2.24) is 0 Å². The highest BCUT2D eigenvalue weighted by atomic mass is 32.2. The molecule has 0 aromatic heterocycles. The maximum absolute atomic E-state index is 12.0. The van der Waals surface area contributed by atoms with E-state index in [9.17, 15) is 8.42 Å². The van der Waals surface area contributed by atoms with Crippen LogP contribution in [0.5, 0.6) is 0 Å². The summed E-state index contributed by atoms with van der Waals surface area (Å²) in [5.74, 6) is 0. The first kappa shape index (κ1) is 15.1. The molecule has 0 unspecified atom stereocenters. The number of hydrogen-bond donors (Lipinski definition) is 0. The average molecular weight is 287 g/mol. The second kappa shape index (κ2) is 6.26. The van der Waals surface area contributed by atoms with Crippen LogP contribution in [-0.2, 0) is 14.3 Å². The number of benzene rings is 1. The molecule has 0 spiro atoms. The molecule has 0 atom stereocenters. The van der Waals surface area contributed by atoms with Gasteiger partial charge in [-0.25, -0.2) is 0 Å². The lowest BCUT2D eigenvalue weighted by molar-refractivity contribution is 0.329. The zero-order chi connectivity index (χ0) is 13.8. The summed E-state index contributed by atoms with van der Waals surface area (Å²) in [6, 6.07) is 5.12. The van der Waals surface area contributed by atoms with Crippen molar-refractivity contribution in [3.63, 3.8) is 0 Å². The summed E-state index contributed by atoms with van der Waals surface area (Å²) in [6.45, 7) is 1.85. The average Bonchev–Trinajstić information content (AvgIpc) is 2.28. The minimum Gasteiger partial charge on any atom is -0.377 e. The molecular weight excluding hydrogens is 270 g/mol. The topological polar surface area (TPSA) is 46.6 Å². The van der Waals surface area contributed by atoms with Crippen molar-refractivity contribution in [2.45, 2.75) is 18.2 Å². The molecule has 0 fully saturated rings. The zero-order valence-corrected chi connectivity index (χ0v) is 12.3. The van der Waals surface area contributed by atoms with Gasteiger partial charge in [-0.15, -0.1) is 0 Å². The Bertz CT molecular complexity index is 524. The highest BCUT2D eigenvalue weighted by Gasteiger charge is 2.19. The molecule has 100 valence electrons. The molecule has 0 aliphatic heterocycles. The third-order valence-corrected chi connectivity index (χ3v) is 4.17. The summed E-state index contributed by atoms with van der Waals surface area (Å²) < 4.78 is 29.0. The molecule has 4 nitrogen and oxygen atoms in total. The fraction of sp³-hybridized carbons (Fsp3) is 0.417. The van der Waals surface area contributed by atoms with Gasteiger partial charge in [-0.1, -0.05) is 18.3 Å². The second-order valence-electron chi connectivity index (χ2n) is 4.03. The van der Waals surface area contributed by atoms with Gasteiger partial charge in [0.1, 0.15) is 0 Å². The normalized spacial score (nSPS) is 11.3. The quantitative estimate of drug-likeness (QED) is 0.456. The molecule has 1 rings (SSSR count). The monoisotopic (exact) mass is 287 g/mol. The predicted molar refractivity (Wildman–Crippen MR) is 76.9 cm³/mol. The van der Waals surface area contributed by atoms with Crippen molar-refractivity contribution in [3.05, 3.63) is 23.8 Å². The third-order valence-electron chi connectivity index (χ3n) is 2.48. The van der Waals surface area contributed by atoms with Crippen LogP contribution in [0, 0.1) is 6.92 Å². The van der Waals surface area contributed by atoms with Crippen LogP contribution in [0.2, 0.25) is 0 Å². The van der Waals surface area contributed by atoms with Crippen LogP contribution in [0.3, 0.4) is 0 Å². The molecule has 0 aliphatic rings. The highest BCUT2D eigenvalue weighted by Crippen LogP contribution is 2.26. The Morgan fingerprint density at radius 2 is 2.06 bits per heavy atom. The van der Waals surface area contributed by atoms with Crippen LogP contribution in [-0.4, -0.2) is 34.5 Å².